The molecule has 12 nitrogen and oxygen atoms in total. The van der Waals surface area contributed by atoms with Crippen molar-refractivity contribution in [1.29, 1.82) is 0 Å². The molecule has 0 spiro atoms. The molecule has 2 N–H and O–H groups in total. The number of rotatable bonds is 10. The zero-order chi connectivity index (χ0) is 30.3. The van der Waals surface area contributed by atoms with Gasteiger partial charge in [-0.1, -0.05) is 48.0 Å². The molecular formula is C29H30ClFN8O4. The smallest absolute Gasteiger partial charge is 0.412 e. The Morgan fingerprint density at radius 1 is 1.14 bits per heavy atom. The summed E-state index contributed by atoms with van der Waals surface area (Å²) in [4.78, 5) is 44.5. The minimum absolute atomic E-state index is 0.0234. The van der Waals surface area contributed by atoms with Gasteiger partial charge in [-0.15, -0.1) is 10.2 Å². The Bertz CT molecular complexity index is 1630. The highest BCUT2D eigenvalue weighted by atomic mass is 35.5. The van der Waals surface area contributed by atoms with Crippen LogP contribution in [-0.4, -0.2) is 66.8 Å². The number of fused-ring (bicyclic) bond motifs is 2. The Morgan fingerprint density at radius 2 is 1.95 bits per heavy atom. The molecule has 2 aromatic carbocycles. The molecule has 43 heavy (non-hydrogen) atoms. The van der Waals surface area contributed by atoms with Gasteiger partial charge in [0.2, 0.25) is 11.8 Å². The number of carbonyl (C=O) groups is 3. The van der Waals surface area contributed by atoms with E-state index in [1.807, 2.05) is 28.8 Å². The summed E-state index contributed by atoms with van der Waals surface area (Å²) in [5, 5.41) is 13.6. The van der Waals surface area contributed by atoms with Crippen LogP contribution in [0.3, 0.4) is 0 Å². The number of halogens is 2. The van der Waals surface area contributed by atoms with Crippen molar-refractivity contribution in [2.24, 2.45) is 0 Å². The van der Waals surface area contributed by atoms with Crippen LogP contribution < -0.4 is 10.7 Å². The van der Waals surface area contributed by atoms with Crippen molar-refractivity contribution < 1.29 is 23.5 Å². The molecule has 1 aliphatic rings. The van der Waals surface area contributed by atoms with E-state index >= 15 is 0 Å². The summed E-state index contributed by atoms with van der Waals surface area (Å²) in [7, 11) is 0. The van der Waals surface area contributed by atoms with Crippen molar-refractivity contribution in [3.05, 3.63) is 83.3 Å². The summed E-state index contributed by atoms with van der Waals surface area (Å²) in [5.74, 6) is -0.123. The van der Waals surface area contributed by atoms with Gasteiger partial charge in [0.25, 0.3) is 0 Å². The molecule has 1 atom stereocenters. The van der Waals surface area contributed by atoms with E-state index in [4.69, 9.17) is 16.3 Å². The zero-order valence-electron chi connectivity index (χ0n) is 23.4. The first kappa shape index (κ1) is 29.9. The van der Waals surface area contributed by atoms with Crippen molar-refractivity contribution >= 4 is 46.1 Å². The van der Waals surface area contributed by atoms with E-state index in [-0.39, 0.29) is 36.9 Å². The molecule has 0 aliphatic carbocycles. The lowest BCUT2D eigenvalue weighted by molar-refractivity contribution is -0.139. The summed E-state index contributed by atoms with van der Waals surface area (Å²) < 4.78 is 21.4. The molecule has 14 heteroatoms. The summed E-state index contributed by atoms with van der Waals surface area (Å²) in [5.41, 5.74) is 3.40. The molecule has 0 saturated heterocycles. The molecule has 0 saturated carbocycles. The van der Waals surface area contributed by atoms with Crippen molar-refractivity contribution in [2.45, 2.75) is 45.4 Å². The molecule has 0 bridgehead atoms. The number of hydrazine groups is 1. The second-order valence-corrected chi connectivity index (χ2v) is 10.4. The number of aromatic nitrogens is 4. The maximum Gasteiger partial charge on any atom is 0.412 e. The molecule has 224 valence electrons. The number of pyridine rings is 1. The molecule has 4 aromatic rings. The van der Waals surface area contributed by atoms with Crippen molar-refractivity contribution in [3.63, 3.8) is 0 Å². The van der Waals surface area contributed by atoms with Crippen LogP contribution in [-0.2, 0) is 34.0 Å². The van der Waals surface area contributed by atoms with Gasteiger partial charge in [-0.2, -0.15) is 0 Å². The van der Waals surface area contributed by atoms with Gasteiger partial charge >= 0.3 is 6.09 Å². The van der Waals surface area contributed by atoms with Crippen LogP contribution in [0.15, 0.2) is 61.1 Å². The number of nitrogens with zero attached hydrogens (tertiary/aromatic N) is 6. The van der Waals surface area contributed by atoms with Crippen LogP contribution in [0.1, 0.15) is 31.2 Å². The third kappa shape index (κ3) is 7.43. The fourth-order valence-electron chi connectivity index (χ4n) is 4.83. The van der Waals surface area contributed by atoms with Gasteiger partial charge < -0.3 is 14.2 Å². The molecular weight excluding hydrogens is 579 g/mol. The van der Waals surface area contributed by atoms with Crippen molar-refractivity contribution in [1.82, 2.24) is 35.1 Å². The molecule has 0 unspecified atom stereocenters. The van der Waals surface area contributed by atoms with E-state index in [0.29, 0.717) is 36.8 Å². The van der Waals surface area contributed by atoms with E-state index < -0.39 is 23.9 Å². The first-order chi connectivity index (χ1) is 20.8. The van der Waals surface area contributed by atoms with Gasteiger partial charge in [-0.05, 0) is 29.5 Å². The second kappa shape index (κ2) is 13.6. The summed E-state index contributed by atoms with van der Waals surface area (Å²) >= 11 is 6.10. The number of anilines is 1. The molecule has 3 amide bonds. The molecule has 3 heterocycles. The Morgan fingerprint density at radius 3 is 2.77 bits per heavy atom. The van der Waals surface area contributed by atoms with Crippen LogP contribution >= 0.6 is 11.6 Å². The molecule has 0 fully saturated rings. The lowest BCUT2D eigenvalue weighted by Crippen LogP contribution is -2.51. The Hall–Kier alpha value is -4.62. The second-order valence-electron chi connectivity index (χ2n) is 10.0. The first-order valence-electron chi connectivity index (χ1n) is 13.7. The number of hydrogen-bond donors (Lipinski definition) is 2. The fourth-order valence-corrected chi connectivity index (χ4v) is 5.02. The number of ether oxygens (including phenoxy) is 1. The minimum Gasteiger partial charge on any atom is -0.447 e. The maximum absolute atomic E-state index is 14.0. The van der Waals surface area contributed by atoms with Crippen LogP contribution in [0.5, 0.6) is 0 Å². The summed E-state index contributed by atoms with van der Waals surface area (Å²) in [6.45, 7) is 2.54. The normalized spacial score (nSPS) is 13.3. The van der Waals surface area contributed by atoms with Crippen molar-refractivity contribution in [2.75, 3.05) is 18.5 Å². The maximum atomic E-state index is 14.0. The van der Waals surface area contributed by atoms with Crippen molar-refractivity contribution in [3.8, 4) is 0 Å². The topological polar surface area (TPSA) is 135 Å². The van der Waals surface area contributed by atoms with Gasteiger partial charge in [-0.3, -0.25) is 19.9 Å². The molecule has 0 radical (unpaired) electrons. The Balaban J connectivity index is 1.26. The fraction of sp³-hybridized carbons (Fsp3) is 0.310. The number of carbonyl (C=O) groups excluding carboxylic acids is 3. The number of nitrogens with one attached hydrogen (secondary N) is 2. The number of hydrogen-bond acceptors (Lipinski definition) is 8. The Labute approximate surface area is 251 Å². The summed E-state index contributed by atoms with van der Waals surface area (Å²) in [6, 6.07) is 12.9. The monoisotopic (exact) mass is 608 g/mol. The van der Waals surface area contributed by atoms with Crippen LogP contribution in [0.4, 0.5) is 15.0 Å². The van der Waals surface area contributed by atoms with Crippen LogP contribution in [0, 0.1) is 5.82 Å². The molecule has 1 aliphatic heterocycles. The molecule has 2 aromatic heterocycles. The van der Waals surface area contributed by atoms with Gasteiger partial charge in [-0.25, -0.2) is 19.6 Å². The highest BCUT2D eigenvalue weighted by Crippen LogP contribution is 2.21. The summed E-state index contributed by atoms with van der Waals surface area (Å²) in [6.07, 6.45) is 2.74. The number of benzene rings is 2. The lowest BCUT2D eigenvalue weighted by Gasteiger charge is -2.32. The van der Waals surface area contributed by atoms with E-state index in [1.54, 1.807) is 29.6 Å². The third-order valence-electron chi connectivity index (χ3n) is 7.13. The average molecular weight is 609 g/mol. The van der Waals surface area contributed by atoms with E-state index in [9.17, 15) is 18.8 Å². The van der Waals surface area contributed by atoms with Gasteiger partial charge in [0.05, 0.1) is 17.6 Å². The highest BCUT2D eigenvalue weighted by Gasteiger charge is 2.27. The third-order valence-corrected chi connectivity index (χ3v) is 7.55. The highest BCUT2D eigenvalue weighted by molar-refractivity contribution is 6.31. The predicted octanol–water partition coefficient (Wildman–Crippen LogP) is 3.91. The predicted molar refractivity (Wildman–Crippen MR) is 156 cm³/mol. The largest absolute Gasteiger partial charge is 0.447 e. The van der Waals surface area contributed by atoms with Gasteiger partial charge in [0.15, 0.2) is 5.82 Å². The van der Waals surface area contributed by atoms with E-state index in [0.717, 1.165) is 10.8 Å². The first-order valence-corrected chi connectivity index (χ1v) is 14.1. The van der Waals surface area contributed by atoms with Gasteiger partial charge in [0, 0.05) is 44.6 Å². The lowest BCUT2D eigenvalue weighted by atomic mass is 10.1. The van der Waals surface area contributed by atoms with E-state index in [2.05, 4.69) is 25.9 Å². The standard InChI is InChI=1S/C29H30ClFN8O4/c1-19(40)39(34-15-22-7-4-8-24(31)28(22)30)23(9-10-27(41)37-11-12-38-18-33-36-26(38)16-37)17-43-29(42)35-25-13-20-5-2-3-6-21(20)14-32-25/h2-8,13-14,18,23,34H,9-12,15-17H2,1H3,(H,32,35,42)/t23-/m0/s1. The van der Waals surface area contributed by atoms with Gasteiger partial charge in [0.1, 0.15) is 24.6 Å². The average Bonchev–Trinajstić information content (AvgIpc) is 3.48. The SMILES string of the molecule is CC(=O)N(NCc1cccc(F)c1Cl)[C@@H](CCC(=O)N1CCn2cnnc2C1)COC(=O)Nc1cc2ccccc2cn1. The number of amides is 3. The van der Waals surface area contributed by atoms with Crippen LogP contribution in [0.2, 0.25) is 5.02 Å². The zero-order valence-corrected chi connectivity index (χ0v) is 24.1. The quantitative estimate of drug-likeness (QED) is 0.259. The van der Waals surface area contributed by atoms with E-state index in [1.165, 1.54) is 24.1 Å². The van der Waals surface area contributed by atoms with Crippen LogP contribution in [0.25, 0.3) is 10.8 Å². The minimum atomic E-state index is -0.772. The molecule has 5 rings (SSSR count). The Kier molecular flexibility index (Phi) is 9.42.